The number of nitrogens with zero attached hydrogens (tertiary/aromatic N) is 1. The molecule has 4 heteroatoms. The number of unbranched alkanes of at least 4 members (excludes halogenated alkanes) is 1. The first-order chi connectivity index (χ1) is 9.69. The van der Waals surface area contributed by atoms with Crippen molar-refractivity contribution in [1.29, 1.82) is 0 Å². The molecule has 0 spiro atoms. The van der Waals surface area contributed by atoms with Gasteiger partial charge in [-0.2, -0.15) is 0 Å². The van der Waals surface area contributed by atoms with Crippen molar-refractivity contribution in [3.05, 3.63) is 30.3 Å². The maximum absolute atomic E-state index is 12.3. The minimum atomic E-state index is -0.0344. The largest absolute Gasteiger partial charge is 0.326 e. The summed E-state index contributed by atoms with van der Waals surface area (Å²) in [6.07, 6.45) is 4.61. The van der Waals surface area contributed by atoms with Gasteiger partial charge in [-0.3, -0.25) is 0 Å². The van der Waals surface area contributed by atoms with Gasteiger partial charge >= 0.3 is 6.03 Å². The lowest BCUT2D eigenvalue weighted by atomic mass is 9.90. The predicted molar refractivity (Wildman–Crippen MR) is 82.6 cm³/mol. The first-order valence-electron chi connectivity index (χ1n) is 7.55. The van der Waals surface area contributed by atoms with Crippen LogP contribution in [-0.4, -0.2) is 30.1 Å². The van der Waals surface area contributed by atoms with E-state index in [0.29, 0.717) is 12.5 Å². The summed E-state index contributed by atoms with van der Waals surface area (Å²) in [5.41, 5.74) is 6.93. The Hall–Kier alpha value is -1.55. The van der Waals surface area contributed by atoms with Gasteiger partial charge in [-0.15, -0.1) is 0 Å². The number of para-hydroxylation sites is 1. The van der Waals surface area contributed by atoms with E-state index in [-0.39, 0.29) is 12.1 Å². The standard InChI is InChI=1S/C16H25N3O/c1-2-3-7-13-10-14(17)12-19(11-13)16(20)18-15-8-5-4-6-9-15/h4-6,8-9,13-14H,2-3,7,10-12,17H2,1H3,(H,18,20). The number of nitrogens with two attached hydrogens (primary N) is 1. The second-order valence-corrected chi connectivity index (χ2v) is 5.71. The van der Waals surface area contributed by atoms with Crippen LogP contribution < -0.4 is 11.1 Å². The van der Waals surface area contributed by atoms with Crippen molar-refractivity contribution in [2.24, 2.45) is 11.7 Å². The highest BCUT2D eigenvalue weighted by Crippen LogP contribution is 2.22. The SMILES string of the molecule is CCCCC1CC(N)CN(C(=O)Nc2ccccc2)C1. The number of rotatable bonds is 4. The second-order valence-electron chi connectivity index (χ2n) is 5.71. The van der Waals surface area contributed by atoms with Crippen LogP contribution in [0.25, 0.3) is 0 Å². The highest BCUT2D eigenvalue weighted by atomic mass is 16.2. The quantitative estimate of drug-likeness (QED) is 0.887. The maximum atomic E-state index is 12.3. The van der Waals surface area contributed by atoms with Crippen LogP contribution in [0.4, 0.5) is 10.5 Å². The molecular formula is C16H25N3O. The summed E-state index contributed by atoms with van der Waals surface area (Å²) in [6, 6.07) is 9.64. The Labute approximate surface area is 121 Å². The van der Waals surface area contributed by atoms with Crippen molar-refractivity contribution >= 4 is 11.7 Å². The fraction of sp³-hybridized carbons (Fsp3) is 0.562. The van der Waals surface area contributed by atoms with E-state index in [9.17, 15) is 4.79 Å². The molecule has 0 aromatic heterocycles. The van der Waals surface area contributed by atoms with Gasteiger partial charge in [0.15, 0.2) is 0 Å². The van der Waals surface area contributed by atoms with E-state index in [1.165, 1.54) is 19.3 Å². The Morgan fingerprint density at radius 3 is 2.80 bits per heavy atom. The van der Waals surface area contributed by atoms with Crippen LogP contribution in [0.2, 0.25) is 0 Å². The molecule has 2 amide bonds. The number of anilines is 1. The van der Waals surface area contributed by atoms with Crippen LogP contribution in [-0.2, 0) is 0 Å². The number of hydrogen-bond acceptors (Lipinski definition) is 2. The molecule has 4 nitrogen and oxygen atoms in total. The number of piperidine rings is 1. The maximum Gasteiger partial charge on any atom is 0.321 e. The first-order valence-corrected chi connectivity index (χ1v) is 7.55. The average Bonchev–Trinajstić information content (AvgIpc) is 2.45. The molecule has 2 unspecified atom stereocenters. The Bertz CT molecular complexity index is 421. The molecule has 2 rings (SSSR count). The predicted octanol–water partition coefficient (Wildman–Crippen LogP) is 3.06. The fourth-order valence-corrected chi connectivity index (χ4v) is 2.84. The summed E-state index contributed by atoms with van der Waals surface area (Å²) in [4.78, 5) is 14.2. The average molecular weight is 275 g/mol. The number of urea groups is 1. The van der Waals surface area contributed by atoms with Crippen LogP contribution in [0.15, 0.2) is 30.3 Å². The summed E-state index contributed by atoms with van der Waals surface area (Å²) in [5.74, 6) is 0.542. The minimum absolute atomic E-state index is 0.0344. The molecule has 2 atom stereocenters. The third kappa shape index (κ3) is 4.23. The summed E-state index contributed by atoms with van der Waals surface area (Å²) >= 11 is 0. The van der Waals surface area contributed by atoms with Crippen LogP contribution in [0, 0.1) is 5.92 Å². The number of carbonyl (C=O) groups excluding carboxylic acids is 1. The molecule has 110 valence electrons. The fourth-order valence-electron chi connectivity index (χ4n) is 2.84. The van der Waals surface area contributed by atoms with Gasteiger partial charge < -0.3 is 16.0 Å². The van der Waals surface area contributed by atoms with Crippen molar-refractivity contribution in [2.45, 2.75) is 38.6 Å². The van der Waals surface area contributed by atoms with Crippen LogP contribution in [0.5, 0.6) is 0 Å². The van der Waals surface area contributed by atoms with Crippen LogP contribution in [0.3, 0.4) is 0 Å². The third-order valence-corrected chi connectivity index (χ3v) is 3.85. The van der Waals surface area contributed by atoms with Gasteiger partial charge in [0, 0.05) is 24.8 Å². The van der Waals surface area contributed by atoms with Crippen molar-refractivity contribution in [1.82, 2.24) is 4.90 Å². The van der Waals surface area contributed by atoms with Gasteiger partial charge in [0.05, 0.1) is 0 Å². The summed E-state index contributed by atoms with van der Waals surface area (Å²) in [7, 11) is 0. The van der Waals surface area contributed by atoms with Crippen LogP contribution in [0.1, 0.15) is 32.6 Å². The van der Waals surface area contributed by atoms with Gasteiger partial charge in [0.25, 0.3) is 0 Å². The van der Waals surface area contributed by atoms with Crippen molar-refractivity contribution in [2.75, 3.05) is 18.4 Å². The van der Waals surface area contributed by atoms with Crippen molar-refractivity contribution < 1.29 is 4.79 Å². The van der Waals surface area contributed by atoms with Gasteiger partial charge in [-0.1, -0.05) is 38.0 Å². The molecule has 3 N–H and O–H groups in total. The van der Waals surface area contributed by atoms with E-state index in [1.54, 1.807) is 0 Å². The Morgan fingerprint density at radius 1 is 1.35 bits per heavy atom. The lowest BCUT2D eigenvalue weighted by molar-refractivity contribution is 0.162. The van der Waals surface area contributed by atoms with E-state index >= 15 is 0 Å². The molecule has 0 bridgehead atoms. The normalized spacial score (nSPS) is 22.6. The molecule has 0 saturated carbocycles. The van der Waals surface area contributed by atoms with Crippen molar-refractivity contribution in [3.8, 4) is 0 Å². The Morgan fingerprint density at radius 2 is 2.10 bits per heavy atom. The molecule has 1 saturated heterocycles. The zero-order valence-electron chi connectivity index (χ0n) is 12.2. The smallest absolute Gasteiger partial charge is 0.321 e. The molecule has 1 aromatic rings. The van der Waals surface area contributed by atoms with Crippen molar-refractivity contribution in [3.63, 3.8) is 0 Å². The Balaban J connectivity index is 1.91. The molecule has 20 heavy (non-hydrogen) atoms. The van der Waals surface area contributed by atoms with E-state index < -0.39 is 0 Å². The van der Waals surface area contributed by atoms with Gasteiger partial charge in [0.2, 0.25) is 0 Å². The van der Waals surface area contributed by atoms with E-state index in [1.807, 2.05) is 35.2 Å². The minimum Gasteiger partial charge on any atom is -0.326 e. The molecular weight excluding hydrogens is 250 g/mol. The number of benzene rings is 1. The number of nitrogens with one attached hydrogen (secondary N) is 1. The highest BCUT2D eigenvalue weighted by Gasteiger charge is 2.27. The molecule has 1 heterocycles. The molecule has 0 aliphatic carbocycles. The van der Waals surface area contributed by atoms with Crippen LogP contribution >= 0.6 is 0 Å². The Kier molecular flexibility index (Phi) is 5.41. The van der Waals surface area contributed by atoms with Gasteiger partial charge in [-0.05, 0) is 30.9 Å². The lowest BCUT2D eigenvalue weighted by Crippen LogP contribution is -2.50. The lowest BCUT2D eigenvalue weighted by Gasteiger charge is -2.36. The van der Waals surface area contributed by atoms with E-state index in [2.05, 4.69) is 12.2 Å². The summed E-state index contributed by atoms with van der Waals surface area (Å²) < 4.78 is 0. The number of amides is 2. The topological polar surface area (TPSA) is 58.4 Å². The molecule has 1 aliphatic heterocycles. The number of hydrogen-bond donors (Lipinski definition) is 2. The summed E-state index contributed by atoms with van der Waals surface area (Å²) in [5, 5.41) is 2.94. The van der Waals surface area contributed by atoms with E-state index in [0.717, 1.165) is 18.7 Å². The summed E-state index contributed by atoms with van der Waals surface area (Å²) in [6.45, 7) is 3.68. The molecule has 1 aromatic carbocycles. The second kappa shape index (κ2) is 7.29. The monoisotopic (exact) mass is 275 g/mol. The highest BCUT2D eigenvalue weighted by molar-refractivity contribution is 5.89. The van der Waals surface area contributed by atoms with Gasteiger partial charge in [0.1, 0.15) is 0 Å². The molecule has 0 radical (unpaired) electrons. The van der Waals surface area contributed by atoms with E-state index in [4.69, 9.17) is 5.73 Å². The first kappa shape index (κ1) is 14.9. The zero-order chi connectivity index (χ0) is 14.4. The zero-order valence-corrected chi connectivity index (χ0v) is 12.2. The van der Waals surface area contributed by atoms with Gasteiger partial charge in [-0.25, -0.2) is 4.79 Å². The molecule has 1 aliphatic rings. The third-order valence-electron chi connectivity index (χ3n) is 3.85. The number of likely N-dealkylation sites (tertiary alicyclic amines) is 1. The number of carbonyl (C=O) groups is 1. The molecule has 1 fully saturated rings.